The average molecular weight is 281 g/mol. The summed E-state index contributed by atoms with van der Waals surface area (Å²) in [6.45, 7) is 3.86. The molecule has 5 nitrogen and oxygen atoms in total. The highest BCUT2D eigenvalue weighted by molar-refractivity contribution is 6.31. The van der Waals surface area contributed by atoms with Crippen LogP contribution < -0.4 is 0 Å². The van der Waals surface area contributed by atoms with Gasteiger partial charge in [0.1, 0.15) is 6.10 Å². The van der Waals surface area contributed by atoms with E-state index >= 15 is 0 Å². The highest BCUT2D eigenvalue weighted by Crippen LogP contribution is 2.25. The van der Waals surface area contributed by atoms with E-state index in [0.29, 0.717) is 17.1 Å². The molecule has 0 spiro atoms. The number of halogens is 1. The van der Waals surface area contributed by atoms with Gasteiger partial charge in [0.25, 0.3) is 0 Å². The Morgan fingerprint density at radius 1 is 1.37 bits per heavy atom. The number of hydrogen-bond donors (Lipinski definition) is 1. The van der Waals surface area contributed by atoms with E-state index in [0.717, 1.165) is 23.5 Å². The van der Waals surface area contributed by atoms with Gasteiger partial charge in [-0.2, -0.15) is 5.10 Å². The number of hydrogen-bond acceptors (Lipinski definition) is 4. The summed E-state index contributed by atoms with van der Waals surface area (Å²) in [5.74, 6) is 0. The maximum Gasteiger partial charge on any atom is 0.103 e. The molecule has 2 aromatic heterocycles. The zero-order chi connectivity index (χ0) is 14.0. The molecular weight excluding hydrogens is 264 g/mol. The summed E-state index contributed by atoms with van der Waals surface area (Å²) in [5, 5.41) is 15.1. The molecule has 0 aliphatic carbocycles. The molecule has 6 heteroatoms. The Balaban J connectivity index is 2.21. The molecule has 1 N–H and O–H groups in total. The summed E-state index contributed by atoms with van der Waals surface area (Å²) < 4.78 is 1.71. The highest BCUT2D eigenvalue weighted by Gasteiger charge is 2.18. The molecule has 0 bridgehead atoms. The lowest BCUT2D eigenvalue weighted by atomic mass is 10.1. The van der Waals surface area contributed by atoms with Crippen molar-refractivity contribution in [2.45, 2.75) is 32.8 Å². The molecule has 0 aliphatic heterocycles. The predicted molar refractivity (Wildman–Crippen MR) is 73.0 cm³/mol. The normalized spacial score (nSPS) is 12.7. The van der Waals surface area contributed by atoms with E-state index in [2.05, 4.69) is 15.1 Å². The van der Waals surface area contributed by atoms with Crippen LogP contribution in [0.4, 0.5) is 0 Å². The molecule has 19 heavy (non-hydrogen) atoms. The number of aliphatic hydroxyl groups is 1. The third kappa shape index (κ3) is 2.93. The van der Waals surface area contributed by atoms with Crippen molar-refractivity contribution in [2.75, 3.05) is 0 Å². The van der Waals surface area contributed by atoms with Gasteiger partial charge in [-0.05, 0) is 13.3 Å². The van der Waals surface area contributed by atoms with Crippen molar-refractivity contribution in [3.8, 4) is 0 Å². The first-order chi connectivity index (χ1) is 9.02. The molecule has 0 amide bonds. The third-order valence-corrected chi connectivity index (χ3v) is 3.47. The second-order valence-electron chi connectivity index (χ2n) is 4.49. The zero-order valence-electron chi connectivity index (χ0n) is 11.3. The van der Waals surface area contributed by atoms with Crippen LogP contribution in [0.1, 0.15) is 35.8 Å². The summed E-state index contributed by atoms with van der Waals surface area (Å²) in [6.07, 6.45) is 3.64. The van der Waals surface area contributed by atoms with Gasteiger partial charge in [-0.3, -0.25) is 14.6 Å². The van der Waals surface area contributed by atoms with E-state index in [-0.39, 0.29) is 0 Å². The number of rotatable bonds is 4. The van der Waals surface area contributed by atoms with Crippen LogP contribution in [0.15, 0.2) is 12.4 Å². The van der Waals surface area contributed by atoms with Gasteiger partial charge in [-0.15, -0.1) is 0 Å². The zero-order valence-corrected chi connectivity index (χ0v) is 12.0. The minimum atomic E-state index is -0.731. The lowest BCUT2D eigenvalue weighted by Crippen LogP contribution is -2.09. The molecule has 2 rings (SSSR count). The molecule has 0 fully saturated rings. The molecule has 102 valence electrons. The van der Waals surface area contributed by atoms with E-state index in [1.165, 1.54) is 0 Å². The van der Waals surface area contributed by atoms with E-state index in [4.69, 9.17) is 11.6 Å². The van der Waals surface area contributed by atoms with Crippen molar-refractivity contribution in [1.82, 2.24) is 19.7 Å². The largest absolute Gasteiger partial charge is 0.386 e. The second kappa shape index (κ2) is 5.67. The molecule has 0 aromatic carbocycles. The molecule has 0 radical (unpaired) electrons. The first-order valence-corrected chi connectivity index (χ1v) is 6.57. The van der Waals surface area contributed by atoms with Gasteiger partial charge in [0, 0.05) is 19.7 Å². The predicted octanol–water partition coefficient (Wildman–Crippen LogP) is 2.01. The minimum absolute atomic E-state index is 0.375. The molecule has 1 atom stereocenters. The summed E-state index contributed by atoms with van der Waals surface area (Å²) in [6, 6.07) is 0. The Morgan fingerprint density at radius 2 is 2.11 bits per heavy atom. The molecular formula is C13H17ClN4O. The van der Waals surface area contributed by atoms with Gasteiger partial charge >= 0.3 is 0 Å². The molecule has 2 heterocycles. The average Bonchev–Trinajstić information content (AvgIpc) is 2.67. The molecule has 0 aliphatic rings. The number of nitrogens with zero attached hydrogens (tertiary/aromatic N) is 4. The summed E-state index contributed by atoms with van der Waals surface area (Å²) >= 11 is 6.26. The quantitative estimate of drug-likeness (QED) is 0.930. The maximum absolute atomic E-state index is 10.2. The van der Waals surface area contributed by atoms with Crippen molar-refractivity contribution in [2.24, 2.45) is 7.05 Å². The van der Waals surface area contributed by atoms with E-state index in [1.807, 2.05) is 20.9 Å². The standard InChI is InChI=1S/C13H17ClN4O/c1-4-9-13(14)11(18(3)17-9)5-12(19)10-7-15-8(2)6-16-10/h6-7,12,19H,4-5H2,1-3H3. The van der Waals surface area contributed by atoms with Gasteiger partial charge in [-0.1, -0.05) is 18.5 Å². The van der Waals surface area contributed by atoms with E-state index in [9.17, 15) is 5.11 Å². The maximum atomic E-state index is 10.2. The van der Waals surface area contributed by atoms with Crippen LogP contribution in [0.2, 0.25) is 5.02 Å². The molecule has 0 saturated heterocycles. The Kier molecular flexibility index (Phi) is 4.17. The van der Waals surface area contributed by atoms with Crippen molar-refractivity contribution in [3.05, 3.63) is 40.2 Å². The number of aryl methyl sites for hydroxylation is 3. The lowest BCUT2D eigenvalue weighted by Gasteiger charge is -2.10. The summed E-state index contributed by atoms with van der Waals surface area (Å²) in [7, 11) is 1.83. The topological polar surface area (TPSA) is 63.8 Å². The van der Waals surface area contributed by atoms with Crippen LogP contribution in [0.3, 0.4) is 0 Å². The third-order valence-electron chi connectivity index (χ3n) is 3.03. The van der Waals surface area contributed by atoms with Crippen LogP contribution in [-0.2, 0) is 19.9 Å². The number of aliphatic hydroxyl groups excluding tert-OH is 1. The van der Waals surface area contributed by atoms with Gasteiger partial charge < -0.3 is 5.11 Å². The van der Waals surface area contributed by atoms with Gasteiger partial charge in [0.05, 0.1) is 34.0 Å². The first kappa shape index (κ1) is 14.0. The van der Waals surface area contributed by atoms with Crippen molar-refractivity contribution >= 4 is 11.6 Å². The number of aromatic nitrogens is 4. The van der Waals surface area contributed by atoms with Crippen molar-refractivity contribution in [1.29, 1.82) is 0 Å². The van der Waals surface area contributed by atoms with Crippen LogP contribution in [0.5, 0.6) is 0 Å². The fraction of sp³-hybridized carbons (Fsp3) is 0.462. The molecule has 0 saturated carbocycles. The van der Waals surface area contributed by atoms with E-state index in [1.54, 1.807) is 17.1 Å². The Morgan fingerprint density at radius 3 is 2.63 bits per heavy atom. The van der Waals surface area contributed by atoms with E-state index < -0.39 is 6.10 Å². The highest BCUT2D eigenvalue weighted by atomic mass is 35.5. The van der Waals surface area contributed by atoms with Crippen molar-refractivity contribution in [3.63, 3.8) is 0 Å². The summed E-state index contributed by atoms with van der Waals surface area (Å²) in [5.41, 5.74) is 3.03. The van der Waals surface area contributed by atoms with Gasteiger partial charge in [0.15, 0.2) is 0 Å². The van der Waals surface area contributed by atoms with Crippen LogP contribution >= 0.6 is 11.6 Å². The van der Waals surface area contributed by atoms with Gasteiger partial charge in [0.2, 0.25) is 0 Å². The monoisotopic (exact) mass is 280 g/mol. The van der Waals surface area contributed by atoms with Gasteiger partial charge in [-0.25, -0.2) is 0 Å². The molecule has 1 unspecified atom stereocenters. The fourth-order valence-electron chi connectivity index (χ4n) is 1.90. The summed E-state index contributed by atoms with van der Waals surface area (Å²) in [4.78, 5) is 8.31. The van der Waals surface area contributed by atoms with Crippen molar-refractivity contribution < 1.29 is 5.11 Å². The Bertz CT molecular complexity index is 565. The van der Waals surface area contributed by atoms with Crippen LogP contribution in [0, 0.1) is 6.92 Å². The smallest absolute Gasteiger partial charge is 0.103 e. The Hall–Kier alpha value is -1.46. The fourth-order valence-corrected chi connectivity index (χ4v) is 2.27. The SMILES string of the molecule is CCc1nn(C)c(CC(O)c2cnc(C)cn2)c1Cl. The lowest BCUT2D eigenvalue weighted by molar-refractivity contribution is 0.170. The molecule has 2 aromatic rings. The first-order valence-electron chi connectivity index (χ1n) is 6.19. The minimum Gasteiger partial charge on any atom is -0.386 e. The van der Waals surface area contributed by atoms with Crippen LogP contribution in [-0.4, -0.2) is 24.9 Å². The van der Waals surface area contributed by atoms with Crippen LogP contribution in [0.25, 0.3) is 0 Å². The Labute approximate surface area is 117 Å². The second-order valence-corrected chi connectivity index (χ2v) is 4.87.